The van der Waals surface area contributed by atoms with Gasteiger partial charge in [0.25, 0.3) is 5.91 Å². The minimum Gasteiger partial charge on any atom is -0.450 e. The summed E-state index contributed by atoms with van der Waals surface area (Å²) in [6.45, 7) is 12.3. The maximum Gasteiger partial charge on any atom is 0.409 e. The Balaban J connectivity index is 1.88. The number of hydrogen-bond acceptors (Lipinski definition) is 5. The van der Waals surface area contributed by atoms with Crippen molar-refractivity contribution in [2.24, 2.45) is 0 Å². The zero-order valence-corrected chi connectivity index (χ0v) is 17.3. The van der Waals surface area contributed by atoms with Gasteiger partial charge in [0.1, 0.15) is 0 Å². The van der Waals surface area contributed by atoms with Crippen molar-refractivity contribution in [2.75, 3.05) is 32.8 Å². The number of pyridine rings is 1. The maximum absolute atomic E-state index is 13.3. The van der Waals surface area contributed by atoms with Gasteiger partial charge < -0.3 is 14.5 Å². The van der Waals surface area contributed by atoms with Crippen LogP contribution >= 0.6 is 0 Å². The van der Waals surface area contributed by atoms with Crippen LogP contribution in [0.5, 0.6) is 0 Å². The number of fused-ring (bicyclic) bond motifs is 1. The molecule has 0 saturated carbocycles. The van der Waals surface area contributed by atoms with Gasteiger partial charge in [0.2, 0.25) is 0 Å². The molecule has 0 radical (unpaired) electrons. The third-order valence-corrected chi connectivity index (χ3v) is 4.99. The first-order chi connectivity index (χ1) is 13.3. The molecule has 0 bridgehead atoms. The quantitative estimate of drug-likeness (QED) is 0.805. The van der Waals surface area contributed by atoms with Crippen molar-refractivity contribution in [2.45, 2.75) is 46.6 Å². The highest BCUT2D eigenvalue weighted by molar-refractivity contribution is 6.05. The van der Waals surface area contributed by atoms with E-state index in [4.69, 9.17) is 9.72 Å². The van der Waals surface area contributed by atoms with E-state index in [-0.39, 0.29) is 24.0 Å². The predicted octanol–water partition coefficient (Wildman–Crippen LogP) is 3.05. The van der Waals surface area contributed by atoms with Crippen LogP contribution in [-0.4, -0.2) is 69.4 Å². The SMILES string of the molecule is CCOC(=O)N1CCN(C(=O)c2cc(C(C)C)nc3c2cnn3C(C)C)CC1. The molecule has 8 nitrogen and oxygen atoms in total. The van der Waals surface area contributed by atoms with E-state index in [9.17, 15) is 9.59 Å². The first-order valence-corrected chi connectivity index (χ1v) is 9.92. The normalized spacial score (nSPS) is 15.0. The number of ether oxygens (including phenoxy) is 1. The van der Waals surface area contributed by atoms with Crippen LogP contribution in [-0.2, 0) is 4.74 Å². The lowest BCUT2D eigenvalue weighted by Gasteiger charge is -2.34. The van der Waals surface area contributed by atoms with Crippen molar-refractivity contribution in [3.8, 4) is 0 Å². The summed E-state index contributed by atoms with van der Waals surface area (Å²) < 4.78 is 6.91. The molecule has 0 aliphatic carbocycles. The molecule has 0 N–H and O–H groups in total. The Morgan fingerprint density at radius 3 is 2.32 bits per heavy atom. The number of rotatable bonds is 4. The standard InChI is InChI=1S/C20H29N5O3/c1-6-28-20(27)24-9-7-23(8-10-24)19(26)15-11-17(13(2)3)22-18-16(15)12-21-25(18)14(4)5/h11-14H,6-10H2,1-5H3. The second-order valence-electron chi connectivity index (χ2n) is 7.65. The first kappa shape index (κ1) is 20.1. The van der Waals surface area contributed by atoms with Gasteiger partial charge in [-0.05, 0) is 32.8 Å². The van der Waals surface area contributed by atoms with Gasteiger partial charge >= 0.3 is 6.09 Å². The average molecular weight is 387 g/mol. The van der Waals surface area contributed by atoms with Crippen molar-refractivity contribution in [3.63, 3.8) is 0 Å². The Kier molecular flexibility index (Phi) is 5.86. The molecule has 1 aliphatic heterocycles. The first-order valence-electron chi connectivity index (χ1n) is 9.92. The zero-order valence-electron chi connectivity index (χ0n) is 17.3. The highest BCUT2D eigenvalue weighted by Crippen LogP contribution is 2.25. The summed E-state index contributed by atoms with van der Waals surface area (Å²) in [6.07, 6.45) is 1.41. The molecule has 2 amide bonds. The van der Waals surface area contributed by atoms with E-state index >= 15 is 0 Å². The lowest BCUT2D eigenvalue weighted by molar-refractivity contribution is 0.0572. The molecule has 1 fully saturated rings. The average Bonchev–Trinajstić information content (AvgIpc) is 3.11. The molecule has 3 heterocycles. The summed E-state index contributed by atoms with van der Waals surface area (Å²) in [4.78, 5) is 33.4. The van der Waals surface area contributed by atoms with Gasteiger partial charge in [-0.15, -0.1) is 0 Å². The van der Waals surface area contributed by atoms with Gasteiger partial charge in [-0.25, -0.2) is 14.5 Å². The molecule has 2 aromatic rings. The van der Waals surface area contributed by atoms with Crippen LogP contribution in [0.2, 0.25) is 0 Å². The highest BCUT2D eigenvalue weighted by atomic mass is 16.6. The zero-order chi connectivity index (χ0) is 20.4. The van der Waals surface area contributed by atoms with E-state index < -0.39 is 0 Å². The summed E-state index contributed by atoms with van der Waals surface area (Å²) in [5.74, 6) is 0.160. The molecule has 152 valence electrons. The van der Waals surface area contributed by atoms with Crippen LogP contribution in [0, 0.1) is 0 Å². The molecular formula is C20H29N5O3. The maximum atomic E-state index is 13.3. The summed E-state index contributed by atoms with van der Waals surface area (Å²) in [7, 11) is 0. The Hall–Kier alpha value is -2.64. The van der Waals surface area contributed by atoms with Gasteiger partial charge in [0.05, 0.1) is 23.8 Å². The summed E-state index contributed by atoms with van der Waals surface area (Å²) in [5, 5.41) is 5.23. The van der Waals surface area contributed by atoms with E-state index in [0.717, 1.165) is 16.7 Å². The van der Waals surface area contributed by atoms with E-state index in [1.165, 1.54) is 0 Å². The Bertz CT molecular complexity index is 866. The van der Waals surface area contributed by atoms with Gasteiger partial charge in [-0.2, -0.15) is 5.10 Å². The van der Waals surface area contributed by atoms with Crippen molar-refractivity contribution in [1.82, 2.24) is 24.6 Å². The minimum absolute atomic E-state index is 0.0406. The van der Waals surface area contributed by atoms with Crippen LogP contribution in [0.1, 0.15) is 62.6 Å². The molecule has 3 rings (SSSR count). The van der Waals surface area contributed by atoms with E-state index in [1.807, 2.05) is 24.6 Å². The number of carbonyl (C=O) groups excluding carboxylic acids is 2. The fraction of sp³-hybridized carbons (Fsp3) is 0.600. The molecular weight excluding hydrogens is 358 g/mol. The molecule has 0 spiro atoms. The monoisotopic (exact) mass is 387 g/mol. The number of aromatic nitrogens is 3. The van der Waals surface area contributed by atoms with E-state index in [2.05, 4.69) is 18.9 Å². The van der Waals surface area contributed by atoms with Crippen molar-refractivity contribution in [1.29, 1.82) is 0 Å². The lowest BCUT2D eigenvalue weighted by Crippen LogP contribution is -2.50. The summed E-state index contributed by atoms with van der Waals surface area (Å²) in [6, 6.07) is 2.04. The number of hydrogen-bond donors (Lipinski definition) is 0. The van der Waals surface area contributed by atoms with Gasteiger partial charge in [0.15, 0.2) is 5.65 Å². The van der Waals surface area contributed by atoms with E-state index in [1.54, 1.807) is 22.9 Å². The van der Waals surface area contributed by atoms with Crippen molar-refractivity contribution >= 4 is 23.0 Å². The van der Waals surface area contributed by atoms with Crippen molar-refractivity contribution < 1.29 is 14.3 Å². The lowest BCUT2D eigenvalue weighted by atomic mass is 10.0. The summed E-state index contributed by atoms with van der Waals surface area (Å²) in [5.41, 5.74) is 2.25. The third kappa shape index (κ3) is 3.81. The predicted molar refractivity (Wildman–Crippen MR) is 107 cm³/mol. The van der Waals surface area contributed by atoms with Crippen LogP contribution in [0.15, 0.2) is 12.3 Å². The number of carbonyl (C=O) groups is 2. The van der Waals surface area contributed by atoms with E-state index in [0.29, 0.717) is 38.3 Å². The Labute approximate surface area is 165 Å². The molecule has 8 heteroatoms. The third-order valence-electron chi connectivity index (χ3n) is 4.99. The fourth-order valence-electron chi connectivity index (χ4n) is 3.37. The second kappa shape index (κ2) is 8.16. The largest absolute Gasteiger partial charge is 0.450 e. The van der Waals surface area contributed by atoms with Crippen LogP contribution in [0.25, 0.3) is 11.0 Å². The fourth-order valence-corrected chi connectivity index (χ4v) is 3.37. The smallest absolute Gasteiger partial charge is 0.409 e. The molecule has 1 aliphatic rings. The molecule has 28 heavy (non-hydrogen) atoms. The van der Waals surface area contributed by atoms with Gasteiger partial charge in [-0.1, -0.05) is 13.8 Å². The van der Waals surface area contributed by atoms with Crippen LogP contribution in [0.4, 0.5) is 4.79 Å². The van der Waals surface area contributed by atoms with Crippen molar-refractivity contribution in [3.05, 3.63) is 23.5 Å². The van der Waals surface area contributed by atoms with Crippen LogP contribution < -0.4 is 0 Å². The number of piperazine rings is 1. The molecule has 0 unspecified atom stereocenters. The Morgan fingerprint density at radius 1 is 1.11 bits per heavy atom. The highest BCUT2D eigenvalue weighted by Gasteiger charge is 2.28. The van der Waals surface area contributed by atoms with Crippen LogP contribution in [0.3, 0.4) is 0 Å². The minimum atomic E-state index is -0.318. The molecule has 1 saturated heterocycles. The molecule has 0 atom stereocenters. The van der Waals surface area contributed by atoms with Gasteiger partial charge in [-0.3, -0.25) is 4.79 Å². The number of nitrogens with zero attached hydrogens (tertiary/aromatic N) is 5. The second-order valence-corrected chi connectivity index (χ2v) is 7.65. The topological polar surface area (TPSA) is 80.6 Å². The van der Waals surface area contributed by atoms with Gasteiger partial charge in [0, 0.05) is 37.9 Å². The number of amides is 2. The Morgan fingerprint density at radius 2 is 1.75 bits per heavy atom. The molecule has 2 aromatic heterocycles. The molecule has 0 aromatic carbocycles. The summed E-state index contributed by atoms with van der Waals surface area (Å²) >= 11 is 0.